The van der Waals surface area contributed by atoms with Crippen LogP contribution >= 0.6 is 0 Å². The van der Waals surface area contributed by atoms with E-state index in [4.69, 9.17) is 30.8 Å². The normalized spacial score (nSPS) is 24.7. The summed E-state index contributed by atoms with van der Waals surface area (Å²) in [4.78, 5) is 19.0. The SMILES string of the molecule is C#Cc1c(F)ccc2cccc(-c3nc4c5c(nc(OC[C@@]67CCCN6[C@H](CF)CC7)nc5c3F)N3CCCOC[C@@H]3CC4)c12. The fraction of sp³-hybridized carbons (Fsp3) is 0.457. The number of rotatable bonds is 5. The molecule has 0 amide bonds. The molecule has 6 heterocycles. The molecule has 0 saturated carbocycles. The molecule has 232 valence electrons. The van der Waals surface area contributed by atoms with Gasteiger partial charge in [-0.25, -0.2) is 18.2 Å². The lowest BCUT2D eigenvalue weighted by molar-refractivity contribution is 0.0772. The van der Waals surface area contributed by atoms with Crippen molar-refractivity contribution in [1.29, 1.82) is 0 Å². The van der Waals surface area contributed by atoms with Gasteiger partial charge in [-0.2, -0.15) is 9.97 Å². The van der Waals surface area contributed by atoms with Gasteiger partial charge in [0.2, 0.25) is 0 Å². The second-order valence-electron chi connectivity index (χ2n) is 12.7. The predicted octanol–water partition coefficient (Wildman–Crippen LogP) is 5.99. The van der Waals surface area contributed by atoms with Gasteiger partial charge in [-0.05, 0) is 62.9 Å². The maximum atomic E-state index is 17.0. The highest BCUT2D eigenvalue weighted by atomic mass is 19.1. The summed E-state index contributed by atoms with van der Waals surface area (Å²) < 4.78 is 58.0. The van der Waals surface area contributed by atoms with Crippen molar-refractivity contribution in [3.63, 3.8) is 0 Å². The summed E-state index contributed by atoms with van der Waals surface area (Å²) in [5.41, 5.74) is 1.06. The van der Waals surface area contributed by atoms with Gasteiger partial charge in [0.1, 0.15) is 36.1 Å². The fourth-order valence-electron chi connectivity index (χ4n) is 8.16. The monoisotopic (exact) mass is 613 g/mol. The number of anilines is 1. The molecule has 4 aliphatic heterocycles. The Hall–Kier alpha value is -3.94. The number of hydrogen-bond donors (Lipinski definition) is 0. The number of aromatic nitrogens is 3. The van der Waals surface area contributed by atoms with E-state index in [2.05, 4.69) is 15.7 Å². The molecule has 0 unspecified atom stereocenters. The maximum absolute atomic E-state index is 17.0. The number of pyridine rings is 1. The number of hydrogen-bond acceptors (Lipinski definition) is 7. The van der Waals surface area contributed by atoms with E-state index in [9.17, 15) is 8.78 Å². The zero-order valence-corrected chi connectivity index (χ0v) is 25.0. The van der Waals surface area contributed by atoms with Gasteiger partial charge >= 0.3 is 6.01 Å². The third kappa shape index (κ3) is 4.54. The smallest absolute Gasteiger partial charge is 0.319 e. The number of fused-ring (bicyclic) bond motifs is 4. The first kappa shape index (κ1) is 28.5. The molecule has 0 N–H and O–H groups in total. The average Bonchev–Trinajstić information content (AvgIpc) is 3.48. The van der Waals surface area contributed by atoms with Crippen LogP contribution in [0.5, 0.6) is 6.01 Å². The fourth-order valence-corrected chi connectivity index (χ4v) is 8.16. The number of aryl methyl sites for hydroxylation is 1. The predicted molar refractivity (Wildman–Crippen MR) is 166 cm³/mol. The highest BCUT2D eigenvalue weighted by Gasteiger charge is 2.50. The molecule has 0 bridgehead atoms. The number of halogens is 3. The Morgan fingerprint density at radius 2 is 1.96 bits per heavy atom. The summed E-state index contributed by atoms with van der Waals surface area (Å²) >= 11 is 0. The van der Waals surface area contributed by atoms with Gasteiger partial charge in [-0.1, -0.05) is 30.2 Å². The van der Waals surface area contributed by atoms with Crippen LogP contribution in [0, 0.1) is 24.0 Å². The van der Waals surface area contributed by atoms with Crippen molar-refractivity contribution in [2.45, 2.75) is 62.6 Å². The Balaban J connectivity index is 1.31. The first-order valence-electron chi connectivity index (χ1n) is 15.9. The molecule has 3 atom stereocenters. The Bertz CT molecular complexity index is 1860. The molecule has 0 radical (unpaired) electrons. The number of nitrogens with zero attached hydrogens (tertiary/aromatic N) is 5. The van der Waals surface area contributed by atoms with Gasteiger partial charge in [0.25, 0.3) is 0 Å². The van der Waals surface area contributed by atoms with Crippen LogP contribution < -0.4 is 9.64 Å². The summed E-state index contributed by atoms with van der Waals surface area (Å²) in [6.45, 7) is 2.65. The lowest BCUT2D eigenvalue weighted by Crippen LogP contribution is -2.47. The summed E-state index contributed by atoms with van der Waals surface area (Å²) in [6, 6.07) is 8.32. The summed E-state index contributed by atoms with van der Waals surface area (Å²) in [5.74, 6) is 1.88. The standard InChI is InChI=1S/C35H34F3N5O2/c1-2-24-26(37)10-8-21-6-3-7-25(28(21)24)31-30(38)32-29-27(39-31)11-9-23-19-44-17-5-15-42(23)33(29)41-34(40-32)45-20-35-13-4-16-43(35)22(18-36)12-14-35/h1,3,6-8,10,22-23H,4-5,9,11-20H2/t22-,23-,35-/m0/s1. The first-order valence-corrected chi connectivity index (χ1v) is 15.9. The molecule has 10 heteroatoms. The van der Waals surface area contributed by atoms with Gasteiger partial charge < -0.3 is 14.4 Å². The van der Waals surface area contributed by atoms with Crippen LogP contribution in [0.15, 0.2) is 30.3 Å². The molecule has 2 aromatic heterocycles. The molecule has 8 rings (SSSR count). The Morgan fingerprint density at radius 3 is 2.82 bits per heavy atom. The summed E-state index contributed by atoms with van der Waals surface area (Å²) in [5, 5.41) is 1.69. The molecule has 0 aliphatic carbocycles. The van der Waals surface area contributed by atoms with E-state index >= 15 is 4.39 Å². The molecular weight excluding hydrogens is 579 g/mol. The minimum Gasteiger partial charge on any atom is -0.461 e. The number of ether oxygens (including phenoxy) is 2. The van der Waals surface area contributed by atoms with E-state index in [1.165, 1.54) is 6.07 Å². The highest BCUT2D eigenvalue weighted by Crippen LogP contribution is 2.44. The van der Waals surface area contributed by atoms with Crippen LogP contribution in [0.1, 0.15) is 49.8 Å². The second kappa shape index (κ2) is 11.1. The summed E-state index contributed by atoms with van der Waals surface area (Å²) in [6.07, 6.45) is 11.4. The molecule has 2 aromatic carbocycles. The topological polar surface area (TPSA) is 63.6 Å². The zero-order valence-electron chi connectivity index (χ0n) is 25.0. The third-order valence-corrected chi connectivity index (χ3v) is 10.3. The van der Waals surface area contributed by atoms with Crippen molar-refractivity contribution in [3.8, 4) is 29.6 Å². The zero-order chi connectivity index (χ0) is 30.7. The van der Waals surface area contributed by atoms with Crippen molar-refractivity contribution in [2.24, 2.45) is 0 Å². The Kier molecular flexibility index (Phi) is 7.06. The van der Waals surface area contributed by atoms with Gasteiger partial charge in [0.05, 0.1) is 34.8 Å². The molecule has 3 saturated heterocycles. The van der Waals surface area contributed by atoms with E-state index in [1.807, 2.05) is 6.07 Å². The minimum atomic E-state index is -0.634. The van der Waals surface area contributed by atoms with Gasteiger partial charge in [-0.3, -0.25) is 4.90 Å². The largest absolute Gasteiger partial charge is 0.461 e. The van der Waals surface area contributed by atoms with E-state index in [0.29, 0.717) is 66.0 Å². The van der Waals surface area contributed by atoms with Crippen LogP contribution in [0.3, 0.4) is 0 Å². The van der Waals surface area contributed by atoms with Gasteiger partial charge in [-0.15, -0.1) is 6.42 Å². The van der Waals surface area contributed by atoms with Crippen molar-refractivity contribution >= 4 is 27.5 Å². The van der Waals surface area contributed by atoms with Crippen molar-refractivity contribution in [3.05, 3.63) is 53.2 Å². The molecule has 3 fully saturated rings. The van der Waals surface area contributed by atoms with Crippen molar-refractivity contribution in [2.75, 3.05) is 44.5 Å². The van der Waals surface area contributed by atoms with Crippen LogP contribution in [0.4, 0.5) is 19.0 Å². The molecule has 4 aliphatic rings. The average molecular weight is 614 g/mol. The lowest BCUT2D eigenvalue weighted by Gasteiger charge is -2.34. The van der Waals surface area contributed by atoms with E-state index in [-0.39, 0.29) is 47.1 Å². The van der Waals surface area contributed by atoms with Crippen LogP contribution in [-0.2, 0) is 11.2 Å². The number of alkyl halides is 1. The second-order valence-corrected chi connectivity index (χ2v) is 12.7. The quantitative estimate of drug-likeness (QED) is 0.256. The van der Waals surface area contributed by atoms with Gasteiger partial charge in [0, 0.05) is 30.1 Å². The molecule has 4 aromatic rings. The molecule has 7 nitrogen and oxygen atoms in total. The first-order chi connectivity index (χ1) is 22.0. The lowest BCUT2D eigenvalue weighted by atomic mass is 9.95. The van der Waals surface area contributed by atoms with Crippen molar-refractivity contribution < 1.29 is 22.6 Å². The van der Waals surface area contributed by atoms with Crippen LogP contribution in [-0.4, -0.2) is 77.1 Å². The van der Waals surface area contributed by atoms with Crippen LogP contribution in [0.25, 0.3) is 32.9 Å². The molecule has 45 heavy (non-hydrogen) atoms. The van der Waals surface area contributed by atoms with Gasteiger partial charge in [0.15, 0.2) is 5.82 Å². The number of benzene rings is 2. The van der Waals surface area contributed by atoms with Crippen LogP contribution in [0.2, 0.25) is 0 Å². The van der Waals surface area contributed by atoms with E-state index in [1.54, 1.807) is 18.2 Å². The number of terminal acetylenes is 1. The molecule has 0 spiro atoms. The van der Waals surface area contributed by atoms with E-state index < -0.39 is 11.6 Å². The van der Waals surface area contributed by atoms with E-state index in [0.717, 1.165) is 45.1 Å². The minimum absolute atomic E-state index is 0.0305. The third-order valence-electron chi connectivity index (χ3n) is 10.3. The Morgan fingerprint density at radius 1 is 1.04 bits per heavy atom. The van der Waals surface area contributed by atoms with Crippen molar-refractivity contribution in [1.82, 2.24) is 19.9 Å². The Labute approximate surface area is 259 Å². The highest BCUT2D eigenvalue weighted by molar-refractivity contribution is 6.02. The summed E-state index contributed by atoms with van der Waals surface area (Å²) in [7, 11) is 0. The molecular formula is C35H34F3N5O2. The maximum Gasteiger partial charge on any atom is 0.319 e.